The minimum absolute atomic E-state index is 0.0354. The van der Waals surface area contributed by atoms with E-state index < -0.39 is 5.97 Å². The predicted molar refractivity (Wildman–Crippen MR) is 68.2 cm³/mol. The Balaban J connectivity index is 2.49. The molecule has 0 unspecified atom stereocenters. The lowest BCUT2D eigenvalue weighted by molar-refractivity contribution is 0.0696. The maximum atomic E-state index is 11.0. The number of thiazole rings is 1. The van der Waals surface area contributed by atoms with E-state index in [9.17, 15) is 4.79 Å². The van der Waals surface area contributed by atoms with Gasteiger partial charge in [-0.1, -0.05) is 11.3 Å². The molecule has 2 N–H and O–H groups in total. The third-order valence-electron chi connectivity index (χ3n) is 2.63. The average molecular weight is 263 g/mol. The Hall–Kier alpha value is -2.22. The SMILES string of the molecule is CNc1nc2sc(C(=O)O)nc2c2c1ncn2C. The summed E-state index contributed by atoms with van der Waals surface area (Å²) in [5.41, 5.74) is 2.05. The minimum Gasteiger partial charge on any atom is -0.476 e. The first-order valence-electron chi connectivity index (χ1n) is 5.14. The number of hydrogen-bond acceptors (Lipinski definition) is 6. The van der Waals surface area contributed by atoms with Gasteiger partial charge in [-0.3, -0.25) is 0 Å². The number of imidazole rings is 1. The van der Waals surface area contributed by atoms with Gasteiger partial charge < -0.3 is 15.0 Å². The number of fused-ring (bicyclic) bond motifs is 3. The van der Waals surface area contributed by atoms with E-state index in [1.165, 1.54) is 0 Å². The van der Waals surface area contributed by atoms with Crippen LogP contribution in [0.3, 0.4) is 0 Å². The van der Waals surface area contributed by atoms with E-state index in [1.807, 2.05) is 11.6 Å². The number of pyridine rings is 1. The van der Waals surface area contributed by atoms with Crippen LogP contribution in [0.25, 0.3) is 21.4 Å². The summed E-state index contributed by atoms with van der Waals surface area (Å²) >= 11 is 1.06. The average Bonchev–Trinajstić information content (AvgIpc) is 2.91. The van der Waals surface area contributed by atoms with Gasteiger partial charge in [-0.05, 0) is 0 Å². The smallest absolute Gasteiger partial charge is 0.365 e. The predicted octanol–water partition coefficient (Wildman–Crippen LogP) is 1.32. The maximum absolute atomic E-state index is 11.0. The van der Waals surface area contributed by atoms with Gasteiger partial charge in [0.2, 0.25) is 5.01 Å². The van der Waals surface area contributed by atoms with Crippen LogP contribution in [-0.2, 0) is 7.05 Å². The van der Waals surface area contributed by atoms with Crippen LogP contribution >= 0.6 is 11.3 Å². The first-order valence-corrected chi connectivity index (χ1v) is 5.96. The van der Waals surface area contributed by atoms with Gasteiger partial charge in [0.25, 0.3) is 0 Å². The Kier molecular flexibility index (Phi) is 2.20. The molecule has 0 radical (unpaired) electrons. The van der Waals surface area contributed by atoms with Crippen LogP contribution in [-0.4, -0.2) is 37.6 Å². The molecule has 3 heterocycles. The normalized spacial score (nSPS) is 11.2. The fourth-order valence-corrected chi connectivity index (χ4v) is 2.63. The molecule has 0 fully saturated rings. The van der Waals surface area contributed by atoms with Crippen LogP contribution < -0.4 is 5.32 Å². The van der Waals surface area contributed by atoms with Gasteiger partial charge in [-0.25, -0.2) is 19.7 Å². The molecule has 3 aromatic heterocycles. The van der Waals surface area contributed by atoms with Crippen molar-refractivity contribution in [2.45, 2.75) is 0 Å². The molecule has 3 aromatic rings. The molecule has 0 atom stereocenters. The van der Waals surface area contributed by atoms with Crippen LogP contribution in [0.5, 0.6) is 0 Å². The van der Waals surface area contributed by atoms with Crippen molar-refractivity contribution < 1.29 is 9.90 Å². The molecule has 8 heteroatoms. The maximum Gasteiger partial charge on any atom is 0.365 e. The number of rotatable bonds is 2. The van der Waals surface area contributed by atoms with Gasteiger partial charge in [0.1, 0.15) is 21.4 Å². The molecule has 0 bridgehead atoms. The molecular weight excluding hydrogens is 254 g/mol. The number of nitrogens with zero attached hydrogens (tertiary/aromatic N) is 4. The third-order valence-corrected chi connectivity index (χ3v) is 3.57. The summed E-state index contributed by atoms with van der Waals surface area (Å²) in [6.07, 6.45) is 1.66. The van der Waals surface area contributed by atoms with Gasteiger partial charge in [-0.15, -0.1) is 0 Å². The van der Waals surface area contributed by atoms with E-state index in [0.29, 0.717) is 21.7 Å². The van der Waals surface area contributed by atoms with Crippen LogP contribution in [0, 0.1) is 0 Å². The Morgan fingerprint density at radius 1 is 1.44 bits per heavy atom. The topological polar surface area (TPSA) is 92.9 Å². The highest BCUT2D eigenvalue weighted by molar-refractivity contribution is 7.19. The van der Waals surface area contributed by atoms with E-state index in [2.05, 4.69) is 20.3 Å². The molecule has 18 heavy (non-hydrogen) atoms. The lowest BCUT2D eigenvalue weighted by Crippen LogP contribution is -1.96. The highest BCUT2D eigenvalue weighted by Gasteiger charge is 2.18. The number of nitrogens with one attached hydrogen (secondary N) is 1. The lowest BCUT2D eigenvalue weighted by atomic mass is 10.3. The Labute approximate surface area is 105 Å². The fourth-order valence-electron chi connectivity index (χ4n) is 1.85. The first kappa shape index (κ1) is 10.9. The van der Waals surface area contributed by atoms with Gasteiger partial charge in [0, 0.05) is 14.1 Å². The number of aromatic nitrogens is 4. The number of carbonyl (C=O) groups is 1. The molecule has 7 nitrogen and oxygen atoms in total. The molecule has 3 rings (SSSR count). The van der Waals surface area contributed by atoms with E-state index in [0.717, 1.165) is 16.9 Å². The van der Waals surface area contributed by atoms with Crippen molar-refractivity contribution in [3.05, 3.63) is 11.3 Å². The summed E-state index contributed by atoms with van der Waals surface area (Å²) in [6, 6.07) is 0. The highest BCUT2D eigenvalue weighted by Crippen LogP contribution is 2.30. The summed E-state index contributed by atoms with van der Waals surface area (Å²) in [5.74, 6) is -0.419. The number of hydrogen-bond donors (Lipinski definition) is 2. The summed E-state index contributed by atoms with van der Waals surface area (Å²) in [6.45, 7) is 0. The second-order valence-electron chi connectivity index (χ2n) is 3.74. The molecule has 0 aliphatic carbocycles. The molecular formula is C10H9N5O2S. The van der Waals surface area contributed by atoms with Crippen LogP contribution in [0.2, 0.25) is 0 Å². The Bertz CT molecular complexity index is 775. The molecule has 0 spiro atoms. The molecule has 0 saturated carbocycles. The lowest BCUT2D eigenvalue weighted by Gasteiger charge is -2.01. The Morgan fingerprint density at radius 2 is 2.22 bits per heavy atom. The molecule has 0 aromatic carbocycles. The molecule has 0 amide bonds. The second kappa shape index (κ2) is 3.64. The minimum atomic E-state index is -1.04. The number of aromatic carboxylic acids is 1. The third kappa shape index (κ3) is 1.35. The zero-order chi connectivity index (χ0) is 12.9. The first-order chi connectivity index (χ1) is 8.61. The standard InChI is InChI=1S/C10H9N5O2S/c1-11-7-4-6(15(2)3-12-4)5-8(14-7)18-9(13-5)10(16)17/h3H,1-2H3,(H,11,14)(H,16,17). The van der Waals surface area contributed by atoms with Gasteiger partial charge >= 0.3 is 5.97 Å². The molecule has 0 aliphatic rings. The summed E-state index contributed by atoms with van der Waals surface area (Å²) in [7, 11) is 3.59. The van der Waals surface area contributed by atoms with Crippen LogP contribution in [0.4, 0.5) is 5.82 Å². The second-order valence-corrected chi connectivity index (χ2v) is 4.72. The monoisotopic (exact) mass is 263 g/mol. The van der Waals surface area contributed by atoms with Gasteiger partial charge in [0.05, 0.1) is 6.33 Å². The summed E-state index contributed by atoms with van der Waals surface area (Å²) in [5, 5.41) is 12.0. The van der Waals surface area contributed by atoms with Gasteiger partial charge in [-0.2, -0.15) is 0 Å². The Morgan fingerprint density at radius 3 is 2.89 bits per heavy atom. The van der Waals surface area contributed by atoms with Crippen molar-refractivity contribution in [2.75, 3.05) is 12.4 Å². The van der Waals surface area contributed by atoms with Crippen LogP contribution in [0.15, 0.2) is 6.33 Å². The summed E-state index contributed by atoms with van der Waals surface area (Å²) < 4.78 is 1.81. The van der Waals surface area contributed by atoms with Crippen molar-refractivity contribution in [3.8, 4) is 0 Å². The van der Waals surface area contributed by atoms with Crippen molar-refractivity contribution in [2.24, 2.45) is 7.05 Å². The van der Waals surface area contributed by atoms with E-state index >= 15 is 0 Å². The van der Waals surface area contributed by atoms with E-state index in [1.54, 1.807) is 13.4 Å². The molecule has 0 aliphatic heterocycles. The van der Waals surface area contributed by atoms with E-state index in [-0.39, 0.29) is 5.01 Å². The largest absolute Gasteiger partial charge is 0.476 e. The van der Waals surface area contributed by atoms with E-state index in [4.69, 9.17) is 5.11 Å². The number of carboxylic acid groups (broad SMARTS) is 1. The summed E-state index contributed by atoms with van der Waals surface area (Å²) in [4.78, 5) is 24.3. The van der Waals surface area contributed by atoms with Crippen molar-refractivity contribution in [1.82, 2.24) is 19.5 Å². The molecule has 0 saturated heterocycles. The van der Waals surface area contributed by atoms with Crippen molar-refractivity contribution in [3.63, 3.8) is 0 Å². The number of anilines is 1. The van der Waals surface area contributed by atoms with Crippen molar-refractivity contribution >= 4 is 44.5 Å². The van der Waals surface area contributed by atoms with Crippen LogP contribution in [0.1, 0.15) is 9.80 Å². The van der Waals surface area contributed by atoms with Gasteiger partial charge in [0.15, 0.2) is 5.82 Å². The number of carboxylic acids is 1. The fraction of sp³-hybridized carbons (Fsp3) is 0.200. The zero-order valence-electron chi connectivity index (χ0n) is 9.63. The van der Waals surface area contributed by atoms with Crippen molar-refractivity contribution in [1.29, 1.82) is 0 Å². The molecule has 92 valence electrons. The number of aryl methyl sites for hydroxylation is 1. The zero-order valence-corrected chi connectivity index (χ0v) is 10.4. The highest BCUT2D eigenvalue weighted by atomic mass is 32.1. The quantitative estimate of drug-likeness (QED) is 0.724.